The van der Waals surface area contributed by atoms with Gasteiger partial charge in [0.05, 0.1) is 26.0 Å². The molecule has 0 aromatic heterocycles. The van der Waals surface area contributed by atoms with Gasteiger partial charge < -0.3 is 14.8 Å². The van der Waals surface area contributed by atoms with Crippen LogP contribution in [0.1, 0.15) is 0 Å². The molecule has 0 unspecified atom stereocenters. The highest BCUT2D eigenvalue weighted by molar-refractivity contribution is 7.86. The Morgan fingerprint density at radius 3 is 2.33 bits per heavy atom. The van der Waals surface area contributed by atoms with Crippen molar-refractivity contribution in [1.82, 2.24) is 0 Å². The summed E-state index contributed by atoms with van der Waals surface area (Å²) in [7, 11) is -2.31. The Bertz CT molecular complexity index is 679. The van der Waals surface area contributed by atoms with Crippen molar-refractivity contribution in [3.8, 4) is 0 Å². The molecule has 0 fully saturated rings. The maximum absolute atomic E-state index is 11.6. The van der Waals surface area contributed by atoms with Crippen LogP contribution >= 0.6 is 0 Å². The van der Waals surface area contributed by atoms with Crippen molar-refractivity contribution < 1.29 is 32.0 Å². The third-order valence-electron chi connectivity index (χ3n) is 2.30. The summed E-state index contributed by atoms with van der Waals surface area (Å²) in [5.41, 5.74) is -0.444. The van der Waals surface area contributed by atoms with Gasteiger partial charge in [-0.15, -0.1) is 0 Å². The average Bonchev–Trinajstić information content (AvgIpc) is 2.44. The number of para-hydroxylation sites is 1. The molecule has 1 aromatic carbocycles. The van der Waals surface area contributed by atoms with Gasteiger partial charge >= 0.3 is 11.9 Å². The summed E-state index contributed by atoms with van der Waals surface area (Å²) in [6, 6.07) is 5.29. The molecule has 8 nitrogen and oxygen atoms in total. The van der Waals surface area contributed by atoms with Gasteiger partial charge in [-0.05, 0) is 12.1 Å². The Balaban J connectivity index is 3.26. The predicted octanol–water partition coefficient (Wildman–Crippen LogP) is 0.575. The van der Waals surface area contributed by atoms with Crippen molar-refractivity contribution in [2.45, 2.75) is 4.90 Å². The van der Waals surface area contributed by atoms with Crippen LogP contribution in [-0.2, 0) is 29.2 Å². The molecule has 9 heteroatoms. The Morgan fingerprint density at radius 2 is 1.81 bits per heavy atom. The number of ether oxygens (including phenoxy) is 2. The first-order valence-corrected chi connectivity index (χ1v) is 6.95. The number of carbonyl (C=O) groups is 2. The first-order chi connectivity index (χ1) is 9.79. The third-order valence-corrected chi connectivity index (χ3v) is 3.21. The average molecular weight is 315 g/mol. The van der Waals surface area contributed by atoms with Crippen LogP contribution in [0.5, 0.6) is 0 Å². The molecular weight excluding hydrogens is 302 g/mol. The summed E-state index contributed by atoms with van der Waals surface area (Å²) in [5, 5.41) is 2.42. The van der Waals surface area contributed by atoms with Crippen molar-refractivity contribution in [3.05, 3.63) is 36.0 Å². The molecule has 1 rings (SSSR count). The number of benzene rings is 1. The third kappa shape index (κ3) is 4.58. The van der Waals surface area contributed by atoms with E-state index >= 15 is 0 Å². The minimum Gasteiger partial charge on any atom is -0.466 e. The van der Waals surface area contributed by atoms with Crippen molar-refractivity contribution in [3.63, 3.8) is 0 Å². The van der Waals surface area contributed by atoms with Crippen molar-refractivity contribution in [2.75, 3.05) is 19.5 Å². The molecule has 0 aliphatic rings. The Morgan fingerprint density at radius 1 is 1.19 bits per heavy atom. The molecule has 0 radical (unpaired) electrons. The van der Waals surface area contributed by atoms with E-state index in [1.54, 1.807) is 0 Å². The lowest BCUT2D eigenvalue weighted by atomic mass is 10.3. The Labute approximate surface area is 121 Å². The minimum absolute atomic E-state index is 0.0967. The fraction of sp³-hybridized carbons (Fsp3) is 0.167. The van der Waals surface area contributed by atoms with E-state index in [0.717, 1.165) is 26.4 Å². The second kappa shape index (κ2) is 6.86. The van der Waals surface area contributed by atoms with Gasteiger partial charge in [-0.3, -0.25) is 4.55 Å². The number of hydrogen-bond acceptors (Lipinski definition) is 7. The fourth-order valence-corrected chi connectivity index (χ4v) is 2.02. The maximum Gasteiger partial charge on any atom is 0.354 e. The van der Waals surface area contributed by atoms with E-state index in [9.17, 15) is 18.0 Å². The van der Waals surface area contributed by atoms with E-state index in [0.29, 0.717) is 0 Å². The summed E-state index contributed by atoms with van der Waals surface area (Å²) < 4.78 is 40.4. The van der Waals surface area contributed by atoms with Crippen LogP contribution in [0.2, 0.25) is 0 Å². The summed E-state index contributed by atoms with van der Waals surface area (Å²) >= 11 is 0. The van der Waals surface area contributed by atoms with Gasteiger partial charge in [-0.25, -0.2) is 9.59 Å². The van der Waals surface area contributed by atoms with Crippen LogP contribution < -0.4 is 5.32 Å². The van der Waals surface area contributed by atoms with Gasteiger partial charge in [0, 0.05) is 0 Å². The lowest BCUT2D eigenvalue weighted by Gasteiger charge is -2.11. The minimum atomic E-state index is -4.50. The van der Waals surface area contributed by atoms with Crippen LogP contribution in [0.15, 0.2) is 40.9 Å². The molecule has 0 saturated heterocycles. The number of rotatable bonds is 5. The standard InChI is InChI=1S/C12H13NO7S/c1-19-11(14)7-9(12(15)20-2)13-8-5-3-4-6-10(8)21(16,17)18/h3-7,13H,1-2H3,(H,16,17,18)/b9-7+. The van der Waals surface area contributed by atoms with E-state index in [1.807, 2.05) is 0 Å². The molecule has 0 aliphatic heterocycles. The van der Waals surface area contributed by atoms with E-state index in [1.165, 1.54) is 18.2 Å². The Hall–Kier alpha value is -2.39. The topological polar surface area (TPSA) is 119 Å². The number of esters is 2. The number of nitrogens with one attached hydrogen (secondary N) is 1. The number of methoxy groups -OCH3 is 2. The van der Waals surface area contributed by atoms with Gasteiger partial charge in [-0.2, -0.15) is 8.42 Å². The van der Waals surface area contributed by atoms with Crippen LogP contribution in [0.25, 0.3) is 0 Å². The summed E-state index contributed by atoms with van der Waals surface area (Å²) in [6.45, 7) is 0. The zero-order valence-corrected chi connectivity index (χ0v) is 12.0. The summed E-state index contributed by atoms with van der Waals surface area (Å²) in [6.07, 6.45) is 0.798. The molecule has 114 valence electrons. The number of anilines is 1. The van der Waals surface area contributed by atoms with E-state index in [2.05, 4.69) is 14.8 Å². The highest BCUT2D eigenvalue weighted by atomic mass is 32.2. The quantitative estimate of drug-likeness (QED) is 0.460. The van der Waals surface area contributed by atoms with Crippen LogP contribution in [-0.4, -0.2) is 39.1 Å². The summed E-state index contributed by atoms with van der Waals surface area (Å²) in [4.78, 5) is 22.3. The highest BCUT2D eigenvalue weighted by Gasteiger charge is 2.19. The van der Waals surface area contributed by atoms with Crippen molar-refractivity contribution >= 4 is 27.7 Å². The molecule has 1 aromatic rings. The smallest absolute Gasteiger partial charge is 0.354 e. The molecule has 0 amide bonds. The predicted molar refractivity (Wildman–Crippen MR) is 72.0 cm³/mol. The van der Waals surface area contributed by atoms with Gasteiger partial charge in [-0.1, -0.05) is 12.1 Å². The number of carbonyl (C=O) groups excluding carboxylic acids is 2. The Kier molecular flexibility index (Phi) is 5.44. The van der Waals surface area contributed by atoms with Crippen LogP contribution in [0.3, 0.4) is 0 Å². The van der Waals surface area contributed by atoms with Gasteiger partial charge in [0.2, 0.25) is 0 Å². The van der Waals surface area contributed by atoms with Gasteiger partial charge in [0.15, 0.2) is 0 Å². The molecule has 2 N–H and O–H groups in total. The summed E-state index contributed by atoms with van der Waals surface area (Å²) in [5.74, 6) is -1.75. The zero-order chi connectivity index (χ0) is 16.0. The van der Waals surface area contributed by atoms with E-state index in [-0.39, 0.29) is 11.4 Å². The molecule has 0 bridgehead atoms. The molecule has 0 heterocycles. The van der Waals surface area contributed by atoms with Gasteiger partial charge in [0.25, 0.3) is 10.1 Å². The molecule has 21 heavy (non-hydrogen) atoms. The lowest BCUT2D eigenvalue weighted by molar-refractivity contribution is -0.138. The first-order valence-electron chi connectivity index (χ1n) is 5.51. The normalized spacial score (nSPS) is 11.7. The second-order valence-corrected chi connectivity index (χ2v) is 5.06. The van der Waals surface area contributed by atoms with Crippen molar-refractivity contribution in [1.29, 1.82) is 0 Å². The molecule has 0 atom stereocenters. The zero-order valence-electron chi connectivity index (χ0n) is 11.2. The molecule has 0 saturated carbocycles. The second-order valence-electron chi connectivity index (χ2n) is 3.67. The monoisotopic (exact) mass is 315 g/mol. The largest absolute Gasteiger partial charge is 0.466 e. The SMILES string of the molecule is COC(=O)/C=C(/Nc1ccccc1S(=O)(=O)O)C(=O)OC. The first kappa shape index (κ1) is 16.7. The molecule has 0 spiro atoms. The molecule has 0 aliphatic carbocycles. The highest BCUT2D eigenvalue weighted by Crippen LogP contribution is 2.22. The van der Waals surface area contributed by atoms with E-state index in [4.69, 9.17) is 4.55 Å². The number of hydrogen-bond donors (Lipinski definition) is 2. The van der Waals surface area contributed by atoms with Crippen molar-refractivity contribution in [2.24, 2.45) is 0 Å². The van der Waals surface area contributed by atoms with Gasteiger partial charge in [0.1, 0.15) is 10.6 Å². The van der Waals surface area contributed by atoms with Crippen LogP contribution in [0, 0.1) is 0 Å². The van der Waals surface area contributed by atoms with Crippen LogP contribution in [0.4, 0.5) is 5.69 Å². The maximum atomic E-state index is 11.6. The molecular formula is C12H13NO7S. The fourth-order valence-electron chi connectivity index (χ4n) is 1.37. The van der Waals surface area contributed by atoms with E-state index < -0.39 is 27.0 Å². The lowest BCUT2D eigenvalue weighted by Crippen LogP contribution is -2.17.